The molecule has 0 radical (unpaired) electrons. The Hall–Kier alpha value is -3.63. The number of hydrogen-bond acceptors (Lipinski definition) is 4. The predicted octanol–water partition coefficient (Wildman–Crippen LogP) is 5.20. The number of anilines is 1. The van der Waals surface area contributed by atoms with Gasteiger partial charge >= 0.3 is 0 Å². The molecule has 1 atom stereocenters. The van der Waals surface area contributed by atoms with Crippen molar-refractivity contribution in [1.82, 2.24) is 10.2 Å². The van der Waals surface area contributed by atoms with E-state index in [2.05, 4.69) is 17.2 Å². The van der Waals surface area contributed by atoms with Gasteiger partial charge in [0, 0.05) is 50.0 Å². The molecular weight excluding hydrogens is 514 g/mol. The summed E-state index contributed by atoms with van der Waals surface area (Å²) in [6.45, 7) is 6.64. The van der Waals surface area contributed by atoms with Gasteiger partial charge in [-0.2, -0.15) is 0 Å². The van der Waals surface area contributed by atoms with Gasteiger partial charge in [0.25, 0.3) is 0 Å². The van der Waals surface area contributed by atoms with Gasteiger partial charge in [-0.15, -0.1) is 0 Å². The highest BCUT2D eigenvalue weighted by Crippen LogP contribution is 2.26. The van der Waals surface area contributed by atoms with Crippen molar-refractivity contribution in [2.75, 3.05) is 24.5 Å². The summed E-state index contributed by atoms with van der Waals surface area (Å²) in [5, 5.41) is 2.98. The summed E-state index contributed by atoms with van der Waals surface area (Å²) in [4.78, 5) is 41.8. The monoisotopic (exact) mass is 557 g/mol. The topological polar surface area (TPSA) is 79.0 Å². The van der Waals surface area contributed by atoms with E-state index in [1.807, 2.05) is 72.2 Å². The SMILES string of the molecule is CC(C)O[C@H]1CCN(C(=O)CCCCCNC(=O)CCCCC(=O)N2Cc3ccccc3C#Cc3ccccc32)C1. The smallest absolute Gasteiger partial charge is 0.227 e. The van der Waals surface area contributed by atoms with Crippen LogP contribution < -0.4 is 10.2 Å². The number of para-hydroxylation sites is 1. The molecule has 2 aromatic rings. The van der Waals surface area contributed by atoms with Crippen LogP contribution >= 0.6 is 0 Å². The highest BCUT2D eigenvalue weighted by Gasteiger charge is 2.27. The van der Waals surface area contributed by atoms with Gasteiger partial charge in [-0.1, -0.05) is 48.6 Å². The van der Waals surface area contributed by atoms with Crippen LogP contribution in [-0.2, 0) is 25.7 Å². The largest absolute Gasteiger partial charge is 0.374 e. The number of nitrogens with zero attached hydrogens (tertiary/aromatic N) is 2. The summed E-state index contributed by atoms with van der Waals surface area (Å²) in [5.74, 6) is 6.73. The van der Waals surface area contributed by atoms with Crippen molar-refractivity contribution in [3.05, 3.63) is 65.2 Å². The number of nitrogens with one attached hydrogen (secondary N) is 1. The number of amides is 3. The zero-order chi connectivity index (χ0) is 29.0. The molecular formula is C34H43N3O4. The lowest BCUT2D eigenvalue weighted by Crippen LogP contribution is -2.31. The molecule has 2 aliphatic heterocycles. The van der Waals surface area contributed by atoms with Crippen molar-refractivity contribution in [1.29, 1.82) is 0 Å². The van der Waals surface area contributed by atoms with Crippen molar-refractivity contribution in [2.45, 2.75) is 90.4 Å². The molecule has 0 saturated carbocycles. The lowest BCUT2D eigenvalue weighted by Gasteiger charge is -2.26. The molecule has 2 heterocycles. The van der Waals surface area contributed by atoms with E-state index in [4.69, 9.17) is 4.74 Å². The lowest BCUT2D eigenvalue weighted by atomic mass is 10.0. The number of hydrogen-bond donors (Lipinski definition) is 1. The van der Waals surface area contributed by atoms with Crippen LogP contribution in [0.4, 0.5) is 5.69 Å². The first-order valence-electron chi connectivity index (χ1n) is 15.1. The second kappa shape index (κ2) is 15.4. The molecule has 0 bridgehead atoms. The number of unbranched alkanes of at least 4 members (excludes halogenated alkanes) is 3. The van der Waals surface area contributed by atoms with Crippen LogP contribution in [0.3, 0.4) is 0 Å². The van der Waals surface area contributed by atoms with E-state index >= 15 is 0 Å². The molecule has 3 amide bonds. The zero-order valence-electron chi connectivity index (χ0n) is 24.5. The molecule has 1 saturated heterocycles. The van der Waals surface area contributed by atoms with E-state index in [-0.39, 0.29) is 29.9 Å². The molecule has 1 fully saturated rings. The number of fused-ring (bicyclic) bond motifs is 2. The molecule has 2 aromatic carbocycles. The Bertz CT molecular complexity index is 1260. The number of ether oxygens (including phenoxy) is 1. The van der Waals surface area contributed by atoms with Crippen LogP contribution in [0.2, 0.25) is 0 Å². The maximum absolute atomic E-state index is 13.3. The molecule has 0 unspecified atom stereocenters. The summed E-state index contributed by atoms with van der Waals surface area (Å²) in [6, 6.07) is 15.7. The number of likely N-dealkylation sites (tertiary alicyclic amines) is 1. The number of rotatable bonds is 13. The fourth-order valence-corrected chi connectivity index (χ4v) is 5.41. The highest BCUT2D eigenvalue weighted by molar-refractivity contribution is 5.95. The van der Waals surface area contributed by atoms with Crippen molar-refractivity contribution in [3.8, 4) is 11.8 Å². The molecule has 41 heavy (non-hydrogen) atoms. The summed E-state index contributed by atoms with van der Waals surface area (Å²) in [7, 11) is 0. The molecule has 1 N–H and O–H groups in total. The Morgan fingerprint density at radius 3 is 2.39 bits per heavy atom. The van der Waals surface area contributed by atoms with Crippen molar-refractivity contribution >= 4 is 23.4 Å². The van der Waals surface area contributed by atoms with Crippen LogP contribution in [0.25, 0.3) is 0 Å². The predicted molar refractivity (Wildman–Crippen MR) is 161 cm³/mol. The summed E-state index contributed by atoms with van der Waals surface area (Å²) < 4.78 is 5.82. The van der Waals surface area contributed by atoms with Crippen LogP contribution in [0.15, 0.2) is 48.5 Å². The van der Waals surface area contributed by atoms with Crippen molar-refractivity contribution < 1.29 is 19.1 Å². The van der Waals surface area contributed by atoms with Gasteiger partial charge in [0.15, 0.2) is 0 Å². The molecule has 0 spiro atoms. The first-order valence-corrected chi connectivity index (χ1v) is 15.1. The normalized spacial score (nSPS) is 15.8. The molecule has 0 aliphatic carbocycles. The number of carbonyl (C=O) groups is 3. The maximum atomic E-state index is 13.3. The fourth-order valence-electron chi connectivity index (χ4n) is 5.41. The Kier molecular flexibility index (Phi) is 11.4. The fraction of sp³-hybridized carbons (Fsp3) is 0.500. The second-order valence-corrected chi connectivity index (χ2v) is 11.2. The molecule has 7 nitrogen and oxygen atoms in total. The first-order chi connectivity index (χ1) is 19.9. The van der Waals surface area contributed by atoms with E-state index in [0.717, 1.165) is 54.6 Å². The summed E-state index contributed by atoms with van der Waals surface area (Å²) >= 11 is 0. The van der Waals surface area contributed by atoms with Crippen LogP contribution in [0.1, 0.15) is 88.3 Å². The Morgan fingerprint density at radius 1 is 0.878 bits per heavy atom. The second-order valence-electron chi connectivity index (χ2n) is 11.2. The third kappa shape index (κ3) is 9.19. The summed E-state index contributed by atoms with van der Waals surface area (Å²) in [6.07, 6.45) is 6.52. The van der Waals surface area contributed by atoms with Gasteiger partial charge in [0.1, 0.15) is 0 Å². The third-order valence-electron chi connectivity index (χ3n) is 7.57. The third-order valence-corrected chi connectivity index (χ3v) is 7.57. The van der Waals surface area contributed by atoms with Gasteiger partial charge < -0.3 is 19.9 Å². The van der Waals surface area contributed by atoms with E-state index in [0.29, 0.717) is 51.7 Å². The van der Waals surface area contributed by atoms with Gasteiger partial charge in [0.2, 0.25) is 17.7 Å². The van der Waals surface area contributed by atoms with E-state index in [9.17, 15) is 14.4 Å². The quantitative estimate of drug-likeness (QED) is 0.271. The minimum absolute atomic E-state index is 0.0163. The lowest BCUT2D eigenvalue weighted by molar-refractivity contribution is -0.131. The average Bonchev–Trinajstić information content (AvgIpc) is 3.42. The minimum Gasteiger partial charge on any atom is -0.374 e. The highest BCUT2D eigenvalue weighted by atomic mass is 16.5. The molecule has 218 valence electrons. The number of carbonyl (C=O) groups excluding carboxylic acids is 3. The molecule has 0 aromatic heterocycles. The maximum Gasteiger partial charge on any atom is 0.227 e. The Labute approximate surface area is 244 Å². The molecule has 7 heteroatoms. The standard InChI is InChI=1S/C34H43N3O4/c1-26(2)41-30-21-23-36(25-30)33(39)17-4-3-11-22-35-32(38)16-9-10-18-34(40)37-24-29-14-6-5-12-27(29)19-20-28-13-7-8-15-31(28)37/h5-8,12-15,26,30H,3-4,9-11,16-18,21-25H2,1-2H3,(H,35,38)/t30-/m0/s1. The van der Waals surface area contributed by atoms with Gasteiger partial charge in [0.05, 0.1) is 24.4 Å². The Balaban J connectivity index is 1.10. The van der Waals surface area contributed by atoms with Crippen LogP contribution in [0.5, 0.6) is 0 Å². The molecule has 4 rings (SSSR count). The van der Waals surface area contributed by atoms with Gasteiger partial charge in [-0.25, -0.2) is 0 Å². The first kappa shape index (κ1) is 30.3. The van der Waals surface area contributed by atoms with Crippen LogP contribution in [0, 0.1) is 11.8 Å². The van der Waals surface area contributed by atoms with Gasteiger partial charge in [-0.3, -0.25) is 14.4 Å². The minimum atomic E-state index is 0.0163. The van der Waals surface area contributed by atoms with E-state index in [1.54, 1.807) is 0 Å². The molecule has 2 aliphatic rings. The van der Waals surface area contributed by atoms with Gasteiger partial charge in [-0.05, 0) is 69.7 Å². The number of benzene rings is 2. The summed E-state index contributed by atoms with van der Waals surface area (Å²) in [5.41, 5.74) is 3.66. The van der Waals surface area contributed by atoms with Crippen LogP contribution in [-0.4, -0.2) is 54.5 Å². The van der Waals surface area contributed by atoms with E-state index in [1.165, 1.54) is 0 Å². The van der Waals surface area contributed by atoms with E-state index < -0.39 is 0 Å². The van der Waals surface area contributed by atoms with Crippen molar-refractivity contribution in [3.63, 3.8) is 0 Å². The Morgan fingerprint density at radius 2 is 1.56 bits per heavy atom. The zero-order valence-corrected chi connectivity index (χ0v) is 24.5. The van der Waals surface area contributed by atoms with Crippen molar-refractivity contribution in [2.24, 2.45) is 0 Å². The average molecular weight is 558 g/mol.